The van der Waals surface area contributed by atoms with Gasteiger partial charge in [0.05, 0.1) is 5.92 Å². The summed E-state index contributed by atoms with van der Waals surface area (Å²) in [4.78, 5) is 22.0. The van der Waals surface area contributed by atoms with Gasteiger partial charge in [0.2, 0.25) is 0 Å². The van der Waals surface area contributed by atoms with Gasteiger partial charge in [0, 0.05) is 12.6 Å². The summed E-state index contributed by atoms with van der Waals surface area (Å²) < 4.78 is 0. The van der Waals surface area contributed by atoms with Crippen molar-refractivity contribution in [2.75, 3.05) is 6.54 Å². The Morgan fingerprint density at radius 2 is 1.94 bits per heavy atom. The van der Waals surface area contributed by atoms with Crippen LogP contribution in [0.25, 0.3) is 0 Å². The highest BCUT2D eigenvalue weighted by molar-refractivity contribution is 5.74. The zero-order valence-electron chi connectivity index (χ0n) is 9.24. The average molecular weight is 226 g/mol. The summed E-state index contributed by atoms with van der Waals surface area (Å²) in [5.41, 5.74) is 0. The van der Waals surface area contributed by atoms with Crippen molar-refractivity contribution in [1.29, 1.82) is 0 Å². The summed E-state index contributed by atoms with van der Waals surface area (Å²) in [6.07, 6.45) is 4.36. The summed E-state index contributed by atoms with van der Waals surface area (Å²) in [6.45, 7) is 3.94. The van der Waals surface area contributed by atoms with Gasteiger partial charge in [-0.1, -0.05) is 6.08 Å². The van der Waals surface area contributed by atoms with Crippen molar-refractivity contribution in [1.82, 2.24) is 10.6 Å². The normalized spacial score (nSPS) is 24.5. The molecule has 1 aliphatic rings. The molecule has 0 aromatic carbocycles. The maximum absolute atomic E-state index is 11.3. The van der Waals surface area contributed by atoms with E-state index >= 15 is 0 Å². The van der Waals surface area contributed by atoms with Crippen LogP contribution in [0.2, 0.25) is 0 Å². The summed E-state index contributed by atoms with van der Waals surface area (Å²) in [6, 6.07) is -0.112. The number of nitrogens with one attached hydrogen (secondary N) is 2. The lowest BCUT2D eigenvalue weighted by Crippen LogP contribution is -2.44. The molecule has 1 fully saturated rings. The van der Waals surface area contributed by atoms with Gasteiger partial charge in [-0.3, -0.25) is 4.79 Å². The van der Waals surface area contributed by atoms with Gasteiger partial charge in [0.25, 0.3) is 0 Å². The number of carboxylic acid groups (broad SMARTS) is 1. The van der Waals surface area contributed by atoms with Gasteiger partial charge in [-0.15, -0.1) is 6.58 Å². The SMILES string of the molecule is C=CCNC(=O)NC1CCC(C(=O)O)CC1. The molecule has 1 rings (SSSR count). The first kappa shape index (κ1) is 12.5. The fraction of sp³-hybridized carbons (Fsp3) is 0.636. The molecule has 90 valence electrons. The van der Waals surface area contributed by atoms with Crippen LogP contribution in [0.5, 0.6) is 0 Å². The molecule has 0 radical (unpaired) electrons. The van der Waals surface area contributed by atoms with E-state index < -0.39 is 5.97 Å². The first-order chi connectivity index (χ1) is 7.63. The molecule has 3 N–H and O–H groups in total. The summed E-state index contributed by atoms with van der Waals surface area (Å²) in [5.74, 6) is -0.969. The van der Waals surface area contributed by atoms with Crippen LogP contribution >= 0.6 is 0 Å². The maximum atomic E-state index is 11.3. The highest BCUT2D eigenvalue weighted by atomic mass is 16.4. The Labute approximate surface area is 94.9 Å². The van der Waals surface area contributed by atoms with Crippen LogP contribution in [-0.2, 0) is 4.79 Å². The van der Waals surface area contributed by atoms with Crippen LogP contribution in [0.3, 0.4) is 0 Å². The lowest BCUT2D eigenvalue weighted by atomic mass is 9.86. The summed E-state index contributed by atoms with van der Waals surface area (Å²) >= 11 is 0. The van der Waals surface area contributed by atoms with E-state index in [0.29, 0.717) is 19.4 Å². The minimum atomic E-state index is -0.727. The first-order valence-electron chi connectivity index (χ1n) is 5.51. The Kier molecular flexibility index (Phi) is 4.82. The van der Waals surface area contributed by atoms with Crippen molar-refractivity contribution in [3.05, 3.63) is 12.7 Å². The second-order valence-corrected chi connectivity index (χ2v) is 4.03. The second kappa shape index (κ2) is 6.15. The molecule has 0 saturated heterocycles. The summed E-state index contributed by atoms with van der Waals surface area (Å²) in [5, 5.41) is 14.3. The number of urea groups is 1. The van der Waals surface area contributed by atoms with E-state index in [4.69, 9.17) is 5.11 Å². The van der Waals surface area contributed by atoms with Crippen molar-refractivity contribution in [2.24, 2.45) is 5.92 Å². The van der Waals surface area contributed by atoms with Crippen molar-refractivity contribution in [3.63, 3.8) is 0 Å². The van der Waals surface area contributed by atoms with Gasteiger partial charge in [-0.05, 0) is 25.7 Å². The number of carbonyl (C=O) groups excluding carboxylic acids is 1. The quantitative estimate of drug-likeness (QED) is 0.628. The van der Waals surface area contributed by atoms with E-state index in [2.05, 4.69) is 17.2 Å². The average Bonchev–Trinajstić information content (AvgIpc) is 2.27. The first-order valence-corrected chi connectivity index (χ1v) is 5.51. The number of aliphatic carboxylic acids is 1. The van der Waals surface area contributed by atoms with E-state index in [1.807, 2.05) is 0 Å². The van der Waals surface area contributed by atoms with Gasteiger partial charge in [0.15, 0.2) is 0 Å². The second-order valence-electron chi connectivity index (χ2n) is 4.03. The maximum Gasteiger partial charge on any atom is 0.315 e. The number of rotatable bonds is 4. The third-order valence-corrected chi connectivity index (χ3v) is 2.82. The van der Waals surface area contributed by atoms with Gasteiger partial charge in [-0.25, -0.2) is 4.79 Å². The molecule has 0 aliphatic heterocycles. The fourth-order valence-corrected chi connectivity index (χ4v) is 1.89. The molecule has 0 bridgehead atoms. The van der Waals surface area contributed by atoms with Gasteiger partial charge < -0.3 is 15.7 Å². The molecule has 0 aromatic rings. The number of carbonyl (C=O) groups is 2. The van der Waals surface area contributed by atoms with Crippen LogP contribution in [-0.4, -0.2) is 29.7 Å². The third kappa shape index (κ3) is 3.92. The zero-order chi connectivity index (χ0) is 12.0. The van der Waals surface area contributed by atoms with Crippen LogP contribution in [0, 0.1) is 5.92 Å². The van der Waals surface area contributed by atoms with E-state index in [9.17, 15) is 9.59 Å². The number of amides is 2. The predicted octanol–water partition coefficient (Wildman–Crippen LogP) is 1.11. The standard InChI is InChI=1S/C11H18N2O3/c1-2-7-12-11(16)13-9-5-3-8(4-6-9)10(14)15/h2,8-9H,1,3-7H2,(H,14,15)(H2,12,13,16). The molecule has 16 heavy (non-hydrogen) atoms. The molecule has 0 unspecified atom stereocenters. The van der Waals surface area contributed by atoms with E-state index in [-0.39, 0.29) is 18.0 Å². The molecule has 0 heterocycles. The fourth-order valence-electron chi connectivity index (χ4n) is 1.89. The molecule has 0 aromatic heterocycles. The monoisotopic (exact) mass is 226 g/mol. The minimum absolute atomic E-state index is 0.0976. The van der Waals surface area contributed by atoms with E-state index in [1.165, 1.54) is 0 Å². The molecule has 0 spiro atoms. The van der Waals surface area contributed by atoms with Crippen molar-refractivity contribution >= 4 is 12.0 Å². The van der Waals surface area contributed by atoms with Gasteiger partial charge in [-0.2, -0.15) is 0 Å². The Balaban J connectivity index is 2.23. The molecule has 5 heteroatoms. The predicted molar refractivity (Wildman–Crippen MR) is 60.1 cm³/mol. The van der Waals surface area contributed by atoms with Crippen LogP contribution in [0.15, 0.2) is 12.7 Å². The number of hydrogen-bond acceptors (Lipinski definition) is 2. The highest BCUT2D eigenvalue weighted by Crippen LogP contribution is 2.24. The lowest BCUT2D eigenvalue weighted by Gasteiger charge is -2.26. The highest BCUT2D eigenvalue weighted by Gasteiger charge is 2.26. The molecular formula is C11H18N2O3. The van der Waals surface area contributed by atoms with E-state index in [1.54, 1.807) is 6.08 Å². The Morgan fingerprint density at radius 1 is 1.31 bits per heavy atom. The Morgan fingerprint density at radius 3 is 2.44 bits per heavy atom. The Hall–Kier alpha value is -1.52. The molecule has 1 aliphatic carbocycles. The molecule has 1 saturated carbocycles. The van der Waals surface area contributed by atoms with E-state index in [0.717, 1.165) is 12.8 Å². The third-order valence-electron chi connectivity index (χ3n) is 2.82. The van der Waals surface area contributed by atoms with Crippen LogP contribution in [0.1, 0.15) is 25.7 Å². The number of hydrogen-bond donors (Lipinski definition) is 3. The number of carboxylic acids is 1. The van der Waals surface area contributed by atoms with Crippen molar-refractivity contribution in [2.45, 2.75) is 31.7 Å². The van der Waals surface area contributed by atoms with Crippen molar-refractivity contribution < 1.29 is 14.7 Å². The summed E-state index contributed by atoms with van der Waals surface area (Å²) in [7, 11) is 0. The topological polar surface area (TPSA) is 78.4 Å². The zero-order valence-corrected chi connectivity index (χ0v) is 9.24. The van der Waals surface area contributed by atoms with Crippen LogP contribution in [0.4, 0.5) is 4.79 Å². The van der Waals surface area contributed by atoms with Crippen LogP contribution < -0.4 is 10.6 Å². The van der Waals surface area contributed by atoms with Crippen molar-refractivity contribution in [3.8, 4) is 0 Å². The van der Waals surface area contributed by atoms with Gasteiger partial charge >= 0.3 is 12.0 Å². The van der Waals surface area contributed by atoms with Gasteiger partial charge in [0.1, 0.15) is 0 Å². The Bertz CT molecular complexity index is 270. The lowest BCUT2D eigenvalue weighted by molar-refractivity contribution is -0.142. The largest absolute Gasteiger partial charge is 0.481 e. The molecule has 2 amide bonds. The molecule has 0 atom stereocenters. The molecule has 5 nitrogen and oxygen atoms in total. The minimum Gasteiger partial charge on any atom is -0.481 e. The smallest absolute Gasteiger partial charge is 0.315 e. The molecular weight excluding hydrogens is 208 g/mol.